The lowest BCUT2D eigenvalue weighted by Gasteiger charge is -2.21. The number of sulfonamides is 1. The van der Waals surface area contributed by atoms with Crippen LogP contribution in [0, 0.1) is 0 Å². The molecule has 1 aromatic heterocycles. The fraction of sp³-hybridized carbons (Fsp3) is 0.438. The summed E-state index contributed by atoms with van der Waals surface area (Å²) in [5, 5.41) is 9.02. The molecule has 25 heavy (non-hydrogen) atoms. The van der Waals surface area contributed by atoms with Crippen molar-refractivity contribution in [3.05, 3.63) is 41.5 Å². The fourth-order valence-corrected chi connectivity index (χ4v) is 3.14. The molecule has 1 heterocycles. The molecule has 1 fully saturated rings. The summed E-state index contributed by atoms with van der Waals surface area (Å²) in [6.07, 6.45) is 3.30. The number of nitrogens with zero attached hydrogens (tertiary/aromatic N) is 3. The Morgan fingerprint density at radius 3 is 2.52 bits per heavy atom. The summed E-state index contributed by atoms with van der Waals surface area (Å²) in [7, 11) is -3.78. The van der Waals surface area contributed by atoms with Crippen molar-refractivity contribution in [2.24, 2.45) is 5.14 Å². The molecule has 0 spiro atoms. The quantitative estimate of drug-likeness (QED) is 0.832. The van der Waals surface area contributed by atoms with Crippen LogP contribution >= 0.6 is 0 Å². The minimum absolute atomic E-state index is 0.0320. The van der Waals surface area contributed by atoms with E-state index in [1.807, 2.05) is 6.92 Å². The number of carbonyl (C=O) groups is 1. The predicted molar refractivity (Wildman–Crippen MR) is 89.1 cm³/mol. The lowest BCUT2D eigenvalue weighted by atomic mass is 9.85. The zero-order valence-corrected chi connectivity index (χ0v) is 14.7. The monoisotopic (exact) mass is 364 g/mol. The van der Waals surface area contributed by atoms with Crippen molar-refractivity contribution in [1.29, 1.82) is 0 Å². The van der Waals surface area contributed by atoms with Crippen molar-refractivity contribution in [1.82, 2.24) is 15.0 Å². The average molecular weight is 364 g/mol. The highest BCUT2D eigenvalue weighted by Crippen LogP contribution is 2.35. The van der Waals surface area contributed by atoms with Gasteiger partial charge >= 0.3 is 0 Å². The van der Waals surface area contributed by atoms with E-state index in [9.17, 15) is 13.2 Å². The summed E-state index contributed by atoms with van der Waals surface area (Å²) in [5.41, 5.74) is 0.372. The van der Waals surface area contributed by atoms with E-state index in [2.05, 4.69) is 10.1 Å². The number of hydrogen-bond acceptors (Lipinski definition) is 6. The van der Waals surface area contributed by atoms with Crippen molar-refractivity contribution in [3.63, 3.8) is 0 Å². The molecule has 0 bridgehead atoms. The molecule has 2 aromatic rings. The molecule has 0 atom stereocenters. The number of primary sulfonamides is 1. The lowest BCUT2D eigenvalue weighted by Crippen LogP contribution is -2.30. The smallest absolute Gasteiger partial charge is 0.254 e. The minimum atomic E-state index is -3.78. The van der Waals surface area contributed by atoms with Crippen molar-refractivity contribution in [3.8, 4) is 0 Å². The van der Waals surface area contributed by atoms with E-state index in [0.29, 0.717) is 29.7 Å². The van der Waals surface area contributed by atoms with E-state index in [1.54, 1.807) is 4.90 Å². The lowest BCUT2D eigenvalue weighted by molar-refractivity contribution is 0.0747. The number of hydrogen-bond donors (Lipinski definition) is 1. The van der Waals surface area contributed by atoms with Crippen LogP contribution in [0.3, 0.4) is 0 Å². The predicted octanol–water partition coefficient (Wildman–Crippen LogP) is 1.65. The van der Waals surface area contributed by atoms with Gasteiger partial charge in [-0.3, -0.25) is 4.79 Å². The molecule has 1 aromatic carbocycles. The van der Waals surface area contributed by atoms with Gasteiger partial charge < -0.3 is 9.42 Å². The summed E-state index contributed by atoms with van der Waals surface area (Å²) < 4.78 is 27.8. The maximum atomic E-state index is 12.6. The molecule has 0 unspecified atom stereocenters. The summed E-state index contributed by atoms with van der Waals surface area (Å²) in [6.45, 7) is 2.55. The molecular weight excluding hydrogens is 344 g/mol. The number of aromatic nitrogens is 2. The molecule has 9 heteroatoms. The van der Waals surface area contributed by atoms with Crippen molar-refractivity contribution < 1.29 is 17.7 Å². The van der Waals surface area contributed by atoms with E-state index in [0.717, 1.165) is 12.8 Å². The van der Waals surface area contributed by atoms with Gasteiger partial charge in [0.1, 0.15) is 0 Å². The molecular formula is C16H20N4O4S. The molecule has 2 N–H and O–H groups in total. The van der Waals surface area contributed by atoms with Crippen molar-refractivity contribution >= 4 is 15.9 Å². The van der Waals surface area contributed by atoms with Gasteiger partial charge in [-0.1, -0.05) is 11.6 Å². The number of carbonyl (C=O) groups excluding carboxylic acids is 1. The molecule has 134 valence electrons. The molecule has 1 aliphatic carbocycles. The summed E-state index contributed by atoms with van der Waals surface area (Å²) >= 11 is 0. The minimum Gasteiger partial charge on any atom is -0.339 e. The molecule has 8 nitrogen and oxygen atoms in total. The van der Waals surface area contributed by atoms with Gasteiger partial charge in [-0.05, 0) is 44.0 Å². The second-order valence-corrected chi connectivity index (χ2v) is 7.63. The van der Waals surface area contributed by atoms with Crippen molar-refractivity contribution in [2.45, 2.75) is 43.5 Å². The van der Waals surface area contributed by atoms with E-state index >= 15 is 0 Å². The van der Waals surface area contributed by atoms with Crippen LogP contribution in [0.15, 0.2) is 33.7 Å². The largest absolute Gasteiger partial charge is 0.339 e. The van der Waals surface area contributed by atoms with Crippen LogP contribution in [-0.4, -0.2) is 35.9 Å². The summed E-state index contributed by atoms with van der Waals surface area (Å²) in [4.78, 5) is 18.5. The van der Waals surface area contributed by atoms with Crippen LogP contribution < -0.4 is 5.14 Å². The van der Waals surface area contributed by atoms with Gasteiger partial charge in [-0.2, -0.15) is 4.98 Å². The molecule has 3 rings (SSSR count). The Labute approximate surface area is 146 Å². The Balaban J connectivity index is 1.71. The highest BCUT2D eigenvalue weighted by atomic mass is 32.2. The first-order valence-electron chi connectivity index (χ1n) is 8.13. The zero-order valence-electron chi connectivity index (χ0n) is 13.9. The van der Waals surface area contributed by atoms with E-state index in [1.165, 1.54) is 30.7 Å². The Hall–Kier alpha value is -2.26. The highest BCUT2D eigenvalue weighted by Gasteiger charge is 2.26. The molecule has 1 amide bonds. The third-order valence-electron chi connectivity index (χ3n) is 4.37. The Kier molecular flexibility index (Phi) is 4.87. The first-order valence-corrected chi connectivity index (χ1v) is 9.67. The van der Waals surface area contributed by atoms with Gasteiger partial charge in [0.25, 0.3) is 5.91 Å². The van der Waals surface area contributed by atoms with E-state index < -0.39 is 10.0 Å². The third-order valence-corrected chi connectivity index (χ3v) is 5.30. The number of amides is 1. The van der Waals surface area contributed by atoms with Crippen LogP contribution in [0.4, 0.5) is 0 Å². The Bertz CT molecular complexity index is 857. The van der Waals surface area contributed by atoms with Gasteiger partial charge in [0, 0.05) is 18.0 Å². The van der Waals surface area contributed by atoms with Gasteiger partial charge in [-0.25, -0.2) is 13.6 Å². The van der Waals surface area contributed by atoms with Gasteiger partial charge in [-0.15, -0.1) is 0 Å². The zero-order chi connectivity index (χ0) is 18.0. The Morgan fingerprint density at radius 2 is 2.00 bits per heavy atom. The Morgan fingerprint density at radius 1 is 1.32 bits per heavy atom. The normalized spacial score (nSPS) is 15.0. The van der Waals surface area contributed by atoms with Crippen molar-refractivity contribution in [2.75, 3.05) is 6.54 Å². The van der Waals surface area contributed by atoms with Gasteiger partial charge in [0.05, 0.1) is 11.4 Å². The molecule has 1 aliphatic rings. The van der Waals surface area contributed by atoms with Crippen LogP contribution in [0.2, 0.25) is 0 Å². The van der Waals surface area contributed by atoms with Crippen LogP contribution in [-0.2, 0) is 16.6 Å². The second kappa shape index (κ2) is 6.93. The number of nitrogens with two attached hydrogens (primary N) is 1. The highest BCUT2D eigenvalue weighted by molar-refractivity contribution is 7.89. The van der Waals surface area contributed by atoms with Crippen LogP contribution in [0.5, 0.6) is 0 Å². The topological polar surface area (TPSA) is 119 Å². The SMILES string of the molecule is CCN(Cc1noc(C2CCC2)n1)C(=O)c1ccc(S(N)(=O)=O)cc1. The van der Waals surface area contributed by atoms with E-state index in [-0.39, 0.29) is 17.3 Å². The van der Waals surface area contributed by atoms with Gasteiger partial charge in [0.15, 0.2) is 5.82 Å². The number of rotatable bonds is 6. The number of benzene rings is 1. The second-order valence-electron chi connectivity index (χ2n) is 6.07. The maximum absolute atomic E-state index is 12.6. The first kappa shape index (κ1) is 17.6. The molecule has 1 saturated carbocycles. The molecule has 0 saturated heterocycles. The molecule has 0 aliphatic heterocycles. The third kappa shape index (κ3) is 3.88. The van der Waals surface area contributed by atoms with Gasteiger partial charge in [0.2, 0.25) is 15.9 Å². The first-order chi connectivity index (χ1) is 11.9. The van der Waals surface area contributed by atoms with E-state index in [4.69, 9.17) is 9.66 Å². The maximum Gasteiger partial charge on any atom is 0.254 e. The summed E-state index contributed by atoms with van der Waals surface area (Å²) in [5.74, 6) is 1.22. The standard InChI is InChI=1S/C16H20N4O4S/c1-2-20(10-14-18-15(24-19-14)11-4-3-5-11)16(21)12-6-8-13(9-7-12)25(17,22)23/h6-9,11H,2-5,10H2,1H3,(H2,17,22,23). The summed E-state index contributed by atoms with van der Waals surface area (Å²) in [6, 6.07) is 5.53. The average Bonchev–Trinajstić information content (AvgIpc) is 2.97. The van der Waals surface area contributed by atoms with Crippen LogP contribution in [0.1, 0.15) is 54.2 Å². The van der Waals surface area contributed by atoms with Crippen LogP contribution in [0.25, 0.3) is 0 Å². The fourth-order valence-electron chi connectivity index (χ4n) is 2.62. The molecule has 0 radical (unpaired) electrons.